The molecule has 0 aliphatic heterocycles. The van der Waals surface area contributed by atoms with Gasteiger partial charge in [-0.1, -0.05) is 56.8 Å². The summed E-state index contributed by atoms with van der Waals surface area (Å²) >= 11 is 1.36. The monoisotopic (exact) mass is 452 g/mol. The zero-order valence-corrected chi connectivity index (χ0v) is 20.7. The van der Waals surface area contributed by atoms with Crippen molar-refractivity contribution >= 4 is 23.4 Å². The van der Waals surface area contributed by atoms with E-state index in [9.17, 15) is 4.79 Å². The van der Waals surface area contributed by atoms with Crippen LogP contribution >= 0.6 is 11.8 Å². The van der Waals surface area contributed by atoms with Crippen molar-refractivity contribution in [1.29, 1.82) is 0 Å². The number of aryl methyl sites for hydroxylation is 2. The molecule has 1 amide bonds. The summed E-state index contributed by atoms with van der Waals surface area (Å²) in [6.07, 6.45) is -0.272. The number of rotatable bonds is 7. The van der Waals surface area contributed by atoms with Gasteiger partial charge in [0, 0.05) is 12.7 Å². The fraction of sp³-hybridized carbons (Fsp3) is 0.400. The number of benzene rings is 2. The van der Waals surface area contributed by atoms with Gasteiger partial charge < -0.3 is 14.6 Å². The van der Waals surface area contributed by atoms with E-state index < -0.39 is 0 Å². The van der Waals surface area contributed by atoms with E-state index in [0.717, 1.165) is 22.6 Å². The van der Waals surface area contributed by atoms with Gasteiger partial charge >= 0.3 is 0 Å². The molecule has 0 saturated heterocycles. The molecule has 0 saturated carbocycles. The van der Waals surface area contributed by atoms with Crippen LogP contribution in [0.5, 0.6) is 5.75 Å². The van der Waals surface area contributed by atoms with Gasteiger partial charge in [0.15, 0.2) is 17.1 Å². The number of anilines is 1. The lowest BCUT2D eigenvalue weighted by Gasteiger charge is -2.20. The zero-order valence-electron chi connectivity index (χ0n) is 19.9. The smallest absolute Gasteiger partial charge is 0.234 e. The number of aromatic nitrogens is 3. The molecule has 0 aliphatic carbocycles. The van der Waals surface area contributed by atoms with Gasteiger partial charge in [-0.05, 0) is 61.1 Å². The highest BCUT2D eigenvalue weighted by Crippen LogP contribution is 2.27. The van der Waals surface area contributed by atoms with E-state index in [0.29, 0.717) is 11.0 Å². The average Bonchev–Trinajstić information content (AvgIpc) is 3.09. The maximum atomic E-state index is 12.4. The number of nitrogens with one attached hydrogen (secondary N) is 1. The molecule has 1 atom stereocenters. The van der Waals surface area contributed by atoms with Crippen LogP contribution in [-0.4, -0.2) is 26.4 Å². The number of thioether (sulfide) groups is 1. The van der Waals surface area contributed by atoms with Crippen molar-refractivity contribution in [3.63, 3.8) is 0 Å². The second-order valence-electron chi connectivity index (χ2n) is 9.09. The van der Waals surface area contributed by atoms with Gasteiger partial charge in [-0.25, -0.2) is 0 Å². The Morgan fingerprint density at radius 1 is 1.12 bits per heavy atom. The Morgan fingerprint density at radius 3 is 2.47 bits per heavy atom. The van der Waals surface area contributed by atoms with Crippen molar-refractivity contribution in [1.82, 2.24) is 14.8 Å². The molecule has 1 heterocycles. The van der Waals surface area contributed by atoms with E-state index in [1.54, 1.807) is 0 Å². The van der Waals surface area contributed by atoms with Crippen molar-refractivity contribution in [2.24, 2.45) is 7.05 Å². The summed E-state index contributed by atoms with van der Waals surface area (Å²) in [4.78, 5) is 12.4. The SMILES string of the molecule is Cc1ccc(C)c(NC(=O)CSc2nnc(C(C)Oc3ccc(C(C)(C)C)cc3)n2C)c1. The quantitative estimate of drug-likeness (QED) is 0.473. The first-order chi connectivity index (χ1) is 15.0. The lowest BCUT2D eigenvalue weighted by Crippen LogP contribution is -2.15. The Labute approximate surface area is 194 Å². The van der Waals surface area contributed by atoms with Crippen LogP contribution in [0.25, 0.3) is 0 Å². The van der Waals surface area contributed by atoms with Crippen LogP contribution < -0.4 is 10.1 Å². The van der Waals surface area contributed by atoms with Gasteiger partial charge in [0.1, 0.15) is 5.75 Å². The Balaban J connectivity index is 1.59. The predicted octanol–water partition coefficient (Wildman–Crippen LogP) is 5.60. The molecule has 0 fully saturated rings. The fourth-order valence-corrected chi connectivity index (χ4v) is 4.00. The fourth-order valence-electron chi connectivity index (χ4n) is 3.28. The molecule has 1 unspecified atom stereocenters. The molecule has 0 spiro atoms. The molecule has 3 rings (SSSR count). The van der Waals surface area contributed by atoms with Gasteiger partial charge in [-0.2, -0.15) is 0 Å². The second-order valence-corrected chi connectivity index (χ2v) is 10.0. The summed E-state index contributed by atoms with van der Waals surface area (Å²) in [6, 6.07) is 14.2. The first-order valence-electron chi connectivity index (χ1n) is 10.7. The van der Waals surface area contributed by atoms with E-state index in [1.165, 1.54) is 17.3 Å². The highest BCUT2D eigenvalue weighted by molar-refractivity contribution is 7.99. The zero-order chi connectivity index (χ0) is 23.5. The van der Waals surface area contributed by atoms with Crippen molar-refractivity contribution in [3.05, 3.63) is 65.0 Å². The van der Waals surface area contributed by atoms with Crippen LogP contribution in [0.4, 0.5) is 5.69 Å². The molecule has 1 N–H and O–H groups in total. The normalized spacial score (nSPS) is 12.5. The average molecular weight is 453 g/mol. The van der Waals surface area contributed by atoms with Crippen molar-refractivity contribution in [2.45, 2.75) is 58.2 Å². The van der Waals surface area contributed by atoms with Crippen molar-refractivity contribution < 1.29 is 9.53 Å². The van der Waals surface area contributed by atoms with Gasteiger partial charge in [-0.15, -0.1) is 10.2 Å². The number of ether oxygens (including phenoxy) is 1. The van der Waals surface area contributed by atoms with Gasteiger partial charge in [0.2, 0.25) is 5.91 Å². The summed E-state index contributed by atoms with van der Waals surface area (Å²) in [5.41, 5.74) is 4.35. The minimum Gasteiger partial charge on any atom is -0.483 e. The highest BCUT2D eigenvalue weighted by Gasteiger charge is 2.19. The lowest BCUT2D eigenvalue weighted by molar-refractivity contribution is -0.113. The maximum Gasteiger partial charge on any atom is 0.234 e. The predicted molar refractivity (Wildman–Crippen MR) is 130 cm³/mol. The summed E-state index contributed by atoms with van der Waals surface area (Å²) in [5, 5.41) is 12.2. The third kappa shape index (κ3) is 5.91. The molecule has 1 aromatic heterocycles. The minimum atomic E-state index is -0.272. The highest BCUT2D eigenvalue weighted by atomic mass is 32.2. The summed E-state index contributed by atoms with van der Waals surface area (Å²) < 4.78 is 7.96. The van der Waals surface area contributed by atoms with Crippen LogP contribution in [0.2, 0.25) is 0 Å². The van der Waals surface area contributed by atoms with Crippen LogP contribution in [-0.2, 0) is 17.3 Å². The molecule has 32 heavy (non-hydrogen) atoms. The Kier molecular flexibility index (Phi) is 7.29. The lowest BCUT2D eigenvalue weighted by atomic mass is 9.87. The van der Waals surface area contributed by atoms with Crippen LogP contribution in [0.15, 0.2) is 47.6 Å². The summed E-state index contributed by atoms with van der Waals surface area (Å²) in [6.45, 7) is 12.5. The molecule has 3 aromatic rings. The molecule has 0 aliphatic rings. The van der Waals surface area contributed by atoms with Gasteiger partial charge in [0.25, 0.3) is 0 Å². The Bertz CT molecular complexity index is 1080. The Hall–Kier alpha value is -2.80. The molecule has 170 valence electrons. The number of nitrogens with zero attached hydrogens (tertiary/aromatic N) is 3. The van der Waals surface area contributed by atoms with Crippen LogP contribution in [0, 0.1) is 13.8 Å². The van der Waals surface area contributed by atoms with Gasteiger partial charge in [-0.3, -0.25) is 4.79 Å². The molecular formula is C25H32N4O2S. The molecule has 7 heteroatoms. The largest absolute Gasteiger partial charge is 0.483 e. The first kappa shape index (κ1) is 23.9. The molecule has 0 radical (unpaired) electrons. The van der Waals surface area contributed by atoms with E-state index in [-0.39, 0.29) is 23.2 Å². The molecule has 2 aromatic carbocycles. The number of amides is 1. The molecular weight excluding hydrogens is 420 g/mol. The van der Waals surface area contributed by atoms with Gasteiger partial charge in [0.05, 0.1) is 5.75 Å². The van der Waals surface area contributed by atoms with Crippen molar-refractivity contribution in [3.8, 4) is 5.75 Å². The van der Waals surface area contributed by atoms with E-state index in [2.05, 4.69) is 48.4 Å². The third-order valence-electron chi connectivity index (χ3n) is 5.26. The maximum absolute atomic E-state index is 12.4. The second kappa shape index (κ2) is 9.77. The standard InChI is InChI=1S/C25H32N4O2S/c1-16-8-9-17(2)21(14-16)26-22(30)15-32-24-28-27-23(29(24)7)18(3)31-20-12-10-19(11-13-20)25(4,5)6/h8-14,18H,15H2,1-7H3,(H,26,30). The van der Waals surface area contributed by atoms with Crippen LogP contribution in [0.3, 0.4) is 0 Å². The van der Waals surface area contributed by atoms with Crippen molar-refractivity contribution in [2.75, 3.05) is 11.1 Å². The first-order valence-corrected chi connectivity index (χ1v) is 11.7. The molecule has 0 bridgehead atoms. The number of hydrogen-bond donors (Lipinski definition) is 1. The topological polar surface area (TPSA) is 69.0 Å². The number of hydrogen-bond acceptors (Lipinski definition) is 5. The summed E-state index contributed by atoms with van der Waals surface area (Å²) in [7, 11) is 1.89. The number of carbonyl (C=O) groups excluding carboxylic acids is 1. The summed E-state index contributed by atoms with van der Waals surface area (Å²) in [5.74, 6) is 1.68. The third-order valence-corrected chi connectivity index (χ3v) is 6.29. The number of carbonyl (C=O) groups is 1. The Morgan fingerprint density at radius 2 is 1.81 bits per heavy atom. The van der Waals surface area contributed by atoms with Crippen LogP contribution in [0.1, 0.15) is 56.3 Å². The molecule has 6 nitrogen and oxygen atoms in total. The van der Waals surface area contributed by atoms with E-state index in [1.807, 2.05) is 62.7 Å². The van der Waals surface area contributed by atoms with E-state index >= 15 is 0 Å². The van der Waals surface area contributed by atoms with E-state index in [4.69, 9.17) is 4.74 Å². The minimum absolute atomic E-state index is 0.0727.